The number of aryl methyl sites for hydroxylation is 1. The van der Waals surface area contributed by atoms with Gasteiger partial charge in [0.15, 0.2) is 0 Å². The molecule has 3 nitrogen and oxygen atoms in total. The molecule has 0 N–H and O–H groups in total. The van der Waals surface area contributed by atoms with E-state index in [-0.39, 0.29) is 0 Å². The Bertz CT molecular complexity index is 471. The van der Waals surface area contributed by atoms with Gasteiger partial charge in [-0.1, -0.05) is 0 Å². The van der Waals surface area contributed by atoms with Crippen LogP contribution in [0.3, 0.4) is 0 Å². The van der Waals surface area contributed by atoms with Gasteiger partial charge in [0.1, 0.15) is 0 Å². The average Bonchev–Trinajstić information content (AvgIpc) is 2.55. The number of hydrogen-bond donors (Lipinski definition) is 0. The van der Waals surface area contributed by atoms with Crippen molar-refractivity contribution >= 4 is 68.7 Å². The molecule has 2 heterocycles. The van der Waals surface area contributed by atoms with Crippen molar-refractivity contribution in [3.63, 3.8) is 0 Å². The number of rotatable bonds is 2. The van der Waals surface area contributed by atoms with Crippen LogP contribution in [0.25, 0.3) is 11.0 Å². The molecular weight excluding hydrogens is 588 g/mol. The average molecular weight is 597 g/mol. The van der Waals surface area contributed by atoms with Crippen LogP contribution in [0.4, 0.5) is 0 Å². The van der Waals surface area contributed by atoms with E-state index in [0.29, 0.717) is 0 Å². The summed E-state index contributed by atoms with van der Waals surface area (Å²) >= 11 is 0.935. The van der Waals surface area contributed by atoms with E-state index < -0.39 is 19.9 Å². The maximum atomic E-state index is 4.60. The van der Waals surface area contributed by atoms with E-state index >= 15 is 0 Å². The molecule has 0 fully saturated rings. The molecule has 2 aromatic heterocycles. The maximum absolute atomic E-state index is 4.60. The van der Waals surface area contributed by atoms with Crippen molar-refractivity contribution in [1.29, 1.82) is 0 Å². The van der Waals surface area contributed by atoms with Gasteiger partial charge in [-0.15, -0.1) is 0 Å². The third kappa shape index (κ3) is 2.91. The van der Waals surface area contributed by atoms with Crippen LogP contribution in [0.1, 0.15) is 5.56 Å². The molecule has 61 valence electrons. The molecule has 0 amide bonds. The van der Waals surface area contributed by atoms with E-state index in [1.807, 2.05) is 17.9 Å². The summed E-state index contributed by atoms with van der Waals surface area (Å²) in [6.07, 6.45) is 2.03. The molecule has 0 radical (unpaired) electrons. The van der Waals surface area contributed by atoms with Gasteiger partial charge in [0, 0.05) is 0 Å². The Morgan fingerprint density at radius 2 is 2.43 bits per heavy atom. The fourth-order valence-electron chi connectivity index (χ4n) is 1.62. The molecule has 2 rings (SSSR count). The Morgan fingerprint density at radius 3 is 3.07 bits per heavy atom. The summed E-state index contributed by atoms with van der Waals surface area (Å²) in [4.78, 5) is 4.51. The summed E-state index contributed by atoms with van der Waals surface area (Å²) < 4.78 is 4.72. The van der Waals surface area contributed by atoms with Crippen LogP contribution in [0.15, 0.2) is 12.3 Å². The van der Waals surface area contributed by atoms with Gasteiger partial charge in [0.2, 0.25) is 0 Å². The van der Waals surface area contributed by atoms with Crippen molar-refractivity contribution in [2.45, 2.75) is -0.511 Å². The van der Waals surface area contributed by atoms with Crippen LogP contribution in [0.2, 0.25) is 0 Å². The quantitative estimate of drug-likeness (QED) is 0.471. The zero-order valence-electron chi connectivity index (χ0n) is 8.78. The van der Waals surface area contributed by atoms with Gasteiger partial charge in [-0.3, -0.25) is 0 Å². The Labute approximate surface area is 155 Å². The van der Waals surface area contributed by atoms with E-state index in [2.05, 4.69) is 16.1 Å². The van der Waals surface area contributed by atoms with Gasteiger partial charge in [-0.05, 0) is 0 Å². The normalized spacial score (nSPS) is 10.4. The van der Waals surface area contributed by atoms with Crippen molar-refractivity contribution in [2.75, 3.05) is 0 Å². The summed E-state index contributed by atoms with van der Waals surface area (Å²) in [5, 5.41) is 5.99. The molecule has 0 bridgehead atoms. The van der Waals surface area contributed by atoms with Crippen LogP contribution in [-0.4, -0.2) is 70.3 Å². The third-order valence-corrected chi connectivity index (χ3v) is 23.9. The number of aromatic nitrogens is 3. The van der Waals surface area contributed by atoms with Gasteiger partial charge in [0.25, 0.3) is 0 Å². The predicted octanol–water partition coefficient (Wildman–Crippen LogP) is -0.456. The van der Waals surface area contributed by atoms with Crippen molar-refractivity contribution in [3.05, 3.63) is 17.8 Å². The fraction of sp³-hybridized carbons (Fsp3) is 0.250. The second-order valence-corrected chi connectivity index (χ2v) is 25.9. The van der Waals surface area contributed by atoms with Crippen LogP contribution in [0.5, 0.6) is 0 Å². The SMILES string of the molecule is Cn1n[c]([La][RaH])c2cc([CH2][Rb])cnc21. The van der Waals surface area contributed by atoms with Gasteiger partial charge >= 0.3 is 160 Å². The first-order valence-corrected chi connectivity index (χ1v) is 48.3. The van der Waals surface area contributed by atoms with Crippen LogP contribution in [0, 0.1) is 52.6 Å². The van der Waals surface area contributed by atoms with Crippen LogP contribution in [-0.2, 0) is 6.54 Å². The van der Waals surface area contributed by atoms with Gasteiger partial charge in [0.05, 0.1) is 0 Å². The first kappa shape index (κ1) is 13.5. The van der Waals surface area contributed by atoms with E-state index in [4.69, 9.17) is 0 Å². The summed E-state index contributed by atoms with van der Waals surface area (Å²) in [6.45, 7) is 0. The second-order valence-electron chi connectivity index (χ2n) is 3.37. The van der Waals surface area contributed by atoms with Gasteiger partial charge in [-0.2, -0.15) is 0 Å². The molecule has 0 aliphatic heterocycles. The topological polar surface area (TPSA) is 30.7 Å². The molecule has 0 aliphatic rings. The summed E-state index contributed by atoms with van der Waals surface area (Å²) in [5.41, 5.74) is 2.53. The van der Waals surface area contributed by atoms with E-state index in [1.54, 1.807) is 0 Å². The first-order valence-electron chi connectivity index (χ1n) is 4.87. The molecule has 0 saturated carbocycles. The Morgan fingerprint density at radius 1 is 1.64 bits per heavy atom. The number of pyridine rings is 1. The molecule has 14 heavy (non-hydrogen) atoms. The molecule has 0 unspecified atom stereocenters. The second kappa shape index (κ2) is 6.31. The van der Waals surface area contributed by atoms with Gasteiger partial charge in [-0.25, -0.2) is 0 Å². The zero-order chi connectivity index (χ0) is 10.1. The van der Waals surface area contributed by atoms with Crippen LogP contribution >= 0.6 is 0 Å². The molecule has 0 spiro atoms. The zero-order valence-corrected chi connectivity index (χ0v) is 25.5. The van der Waals surface area contributed by atoms with Crippen molar-refractivity contribution in [3.8, 4) is 0 Å². The predicted molar refractivity (Wildman–Crippen MR) is 49.0 cm³/mol. The fourth-order valence-corrected chi connectivity index (χ4v) is 17.9. The molecular formula is C8H8LaN3RaRb. The minimum atomic E-state index is -0.544. The molecule has 0 saturated heterocycles. The summed E-state index contributed by atoms with van der Waals surface area (Å²) in [7, 11) is 2.02. The van der Waals surface area contributed by atoms with Crippen molar-refractivity contribution in [1.82, 2.24) is 14.8 Å². The summed E-state index contributed by atoms with van der Waals surface area (Å²) in [5.74, 6) is 0. The first-order chi connectivity index (χ1) is 6.76. The summed E-state index contributed by atoms with van der Waals surface area (Å²) in [6, 6.07) is 2.34. The number of nitrogens with zero attached hydrogens (tertiary/aromatic N) is 3. The van der Waals surface area contributed by atoms with E-state index in [1.165, 1.54) is 12.5 Å². The minimum absolute atomic E-state index is 0.544. The Balaban J connectivity index is 2.71. The molecule has 0 aliphatic carbocycles. The standard InChI is InChI=1S/C8H7N3.La.Ra.Rb.H/c1-6-3-7-5-10-11(2)8(7)9-4-6;;;;/h3-4H,1H2,2H3;;;;. The van der Waals surface area contributed by atoms with E-state index in [9.17, 15) is 0 Å². The van der Waals surface area contributed by atoms with Crippen molar-refractivity contribution < 1.29 is 52.6 Å². The Hall–Kier alpha value is 3.09. The van der Waals surface area contributed by atoms with Crippen LogP contribution < -0.4 is 2.10 Å². The van der Waals surface area contributed by atoms with E-state index in [0.717, 1.165) is 93.9 Å². The van der Waals surface area contributed by atoms with Crippen molar-refractivity contribution in [2.24, 2.45) is 7.05 Å². The monoisotopic (exact) mass is 596 g/mol. The third-order valence-electron chi connectivity index (χ3n) is 2.45. The van der Waals surface area contributed by atoms with Gasteiger partial charge < -0.3 is 0 Å². The number of fused-ring (bicyclic) bond motifs is 1. The molecule has 2 aromatic rings. The Kier molecular flexibility index (Phi) is 6.09. The molecule has 6 heteroatoms. The number of hydrogen-bond acceptors (Lipinski definition) is 2. The molecule has 0 aromatic carbocycles. The molecule has 0 atom stereocenters.